The number of hydrogen-bond donors (Lipinski definition) is 2. The van der Waals surface area contributed by atoms with Gasteiger partial charge in [-0.3, -0.25) is 0 Å². The van der Waals surface area contributed by atoms with Crippen molar-refractivity contribution in [2.24, 2.45) is 11.5 Å². The summed E-state index contributed by atoms with van der Waals surface area (Å²) >= 11 is 0. The van der Waals surface area contributed by atoms with Crippen molar-refractivity contribution in [3.63, 3.8) is 0 Å². The average molecular weight is 176 g/mol. The van der Waals surface area contributed by atoms with Gasteiger partial charge >= 0.3 is 0 Å². The highest BCUT2D eigenvalue weighted by Crippen LogP contribution is 1.57. The summed E-state index contributed by atoms with van der Waals surface area (Å²) in [6, 6.07) is 0. The smallest absolute Gasteiger partial charge is 0.0195 e. The van der Waals surface area contributed by atoms with E-state index >= 15 is 0 Å². The monoisotopic (exact) mass is 176 g/mol. The number of nitrogens with two attached hydrogens (primary N) is 2. The minimum absolute atomic E-state index is 0. The molecule has 0 bridgehead atoms. The van der Waals surface area contributed by atoms with Crippen molar-refractivity contribution < 1.29 is 0 Å². The highest BCUT2D eigenvalue weighted by molar-refractivity contribution is 4.68. The van der Waals surface area contributed by atoms with E-state index in [4.69, 9.17) is 0 Å². The molecule has 0 unspecified atom stereocenters. The summed E-state index contributed by atoms with van der Waals surface area (Å²) in [4.78, 5) is 0. The fourth-order valence-corrected chi connectivity index (χ4v) is 0. The normalized spacial score (nSPS) is 5.25. The third-order valence-electron chi connectivity index (χ3n) is 0.333. The highest BCUT2D eigenvalue weighted by Gasteiger charge is 1.34. The maximum atomic E-state index is 4.50. The van der Waals surface area contributed by atoms with Gasteiger partial charge in [0.1, 0.15) is 0 Å². The highest BCUT2D eigenvalue weighted by atomic mass is 14.4. The summed E-state index contributed by atoms with van der Waals surface area (Å²) in [5.41, 5.74) is 9.00. The maximum Gasteiger partial charge on any atom is -0.0195 e. The predicted octanol–water partition coefficient (Wildman–Crippen LogP) is 2.56. The molecule has 4 N–H and O–H groups in total. The first-order chi connectivity index (χ1) is 5.33. The van der Waals surface area contributed by atoms with Gasteiger partial charge in [0.2, 0.25) is 0 Å². The molecule has 0 aromatic carbocycles. The summed E-state index contributed by atoms with van der Waals surface area (Å²) in [5.74, 6) is 0. The van der Waals surface area contributed by atoms with Crippen LogP contribution in [-0.4, -0.2) is 14.1 Å². The van der Waals surface area contributed by atoms with Crippen molar-refractivity contribution in [3.05, 3.63) is 24.8 Å². The summed E-state index contributed by atoms with van der Waals surface area (Å²) in [6.45, 7) is 9.25. The molecule has 0 radical (unpaired) electrons. The average Bonchev–Trinajstić information content (AvgIpc) is 2.12. The second kappa shape index (κ2) is 160. The van der Waals surface area contributed by atoms with Gasteiger partial charge in [0.25, 0.3) is 0 Å². The van der Waals surface area contributed by atoms with Crippen LogP contribution in [0.5, 0.6) is 0 Å². The Kier molecular flexibility index (Phi) is 400. The van der Waals surface area contributed by atoms with Gasteiger partial charge in [-0.25, -0.2) is 0 Å². The molecule has 0 aromatic heterocycles. The maximum absolute atomic E-state index is 4.50. The lowest BCUT2D eigenvalue weighted by atomic mass is 10.6. The Balaban J connectivity index is -0.0000000186. The van der Waals surface area contributed by atoms with Crippen molar-refractivity contribution in [3.8, 4) is 0 Å². The molecule has 0 aliphatic rings. The Morgan fingerprint density at radius 2 is 0.917 bits per heavy atom. The van der Waals surface area contributed by atoms with E-state index in [1.54, 1.807) is 6.08 Å². The van der Waals surface area contributed by atoms with Gasteiger partial charge in [-0.05, 0) is 34.9 Å². The molecule has 0 amide bonds. The van der Waals surface area contributed by atoms with E-state index in [-0.39, 0.29) is 7.43 Å². The molecule has 2 nitrogen and oxygen atoms in total. The predicted molar refractivity (Wildman–Crippen MR) is 63.3 cm³/mol. The van der Waals surface area contributed by atoms with Crippen LogP contribution in [0.15, 0.2) is 24.8 Å². The molecular weight excluding hydrogens is 148 g/mol. The Morgan fingerprint density at radius 3 is 0.917 bits per heavy atom. The van der Waals surface area contributed by atoms with E-state index < -0.39 is 0 Å². The van der Waals surface area contributed by atoms with Crippen molar-refractivity contribution in [2.45, 2.75) is 28.2 Å². The largest absolute Gasteiger partial charge is 0.333 e. The molecule has 12 heavy (non-hydrogen) atoms. The molecule has 0 aliphatic heterocycles. The van der Waals surface area contributed by atoms with Crippen LogP contribution >= 0.6 is 0 Å². The van der Waals surface area contributed by atoms with E-state index in [9.17, 15) is 0 Å². The molecule has 0 saturated heterocycles. The fraction of sp³-hybridized carbons (Fsp3) is 0.600. The Morgan fingerprint density at radius 1 is 0.833 bits per heavy atom. The SMILES string of the molecule is C.C=CC.CC=CC.CN.CN. The first-order valence-electron chi connectivity index (χ1n) is 3.63. The molecular formula is C10H28N2. The van der Waals surface area contributed by atoms with Gasteiger partial charge in [-0.15, -0.1) is 6.58 Å². The van der Waals surface area contributed by atoms with E-state index in [1.807, 2.05) is 32.9 Å². The van der Waals surface area contributed by atoms with Crippen LogP contribution in [0.2, 0.25) is 0 Å². The van der Waals surface area contributed by atoms with E-state index in [2.05, 4.69) is 18.0 Å². The van der Waals surface area contributed by atoms with E-state index in [0.29, 0.717) is 0 Å². The van der Waals surface area contributed by atoms with Crippen molar-refractivity contribution >= 4 is 0 Å². The molecule has 0 aliphatic carbocycles. The third kappa shape index (κ3) is 4150. The Bertz CT molecular complexity index is 45.8. The molecule has 0 fully saturated rings. The second-order valence-electron chi connectivity index (χ2n) is 1.07. The van der Waals surface area contributed by atoms with Crippen LogP contribution < -0.4 is 11.5 Å². The van der Waals surface area contributed by atoms with Crippen LogP contribution in [0.25, 0.3) is 0 Å². The van der Waals surface area contributed by atoms with Crippen LogP contribution in [0.1, 0.15) is 28.2 Å². The molecule has 78 valence electrons. The fourth-order valence-electron chi connectivity index (χ4n) is 0. The summed E-state index contributed by atoms with van der Waals surface area (Å²) < 4.78 is 0. The zero-order valence-corrected chi connectivity index (χ0v) is 8.59. The standard InChI is InChI=1S/C4H8.C3H6.2CH5N.CH4/c1-3-4-2;1-3-2;2*1-2;/h3-4H,1-2H3;3H,1H2,2H3;2*2H2,1H3;1H4. The lowest BCUT2D eigenvalue weighted by Crippen LogP contribution is -1.69. The van der Waals surface area contributed by atoms with Crippen molar-refractivity contribution in [1.82, 2.24) is 0 Å². The lowest BCUT2D eigenvalue weighted by molar-refractivity contribution is 1.48. The third-order valence-corrected chi connectivity index (χ3v) is 0.333. The first kappa shape index (κ1) is 30.1. The minimum Gasteiger partial charge on any atom is -0.333 e. The molecule has 2 heteroatoms. The van der Waals surface area contributed by atoms with Gasteiger partial charge in [0, 0.05) is 0 Å². The van der Waals surface area contributed by atoms with Crippen molar-refractivity contribution in [2.75, 3.05) is 14.1 Å². The molecule has 0 spiro atoms. The topological polar surface area (TPSA) is 52.0 Å². The van der Waals surface area contributed by atoms with Gasteiger partial charge in [0.05, 0.1) is 0 Å². The Hall–Kier alpha value is -0.600. The zero-order valence-electron chi connectivity index (χ0n) is 8.59. The van der Waals surface area contributed by atoms with E-state index in [1.165, 1.54) is 14.1 Å². The van der Waals surface area contributed by atoms with Crippen LogP contribution in [0.3, 0.4) is 0 Å². The van der Waals surface area contributed by atoms with Crippen LogP contribution in [0, 0.1) is 0 Å². The molecule has 0 saturated carbocycles. The van der Waals surface area contributed by atoms with Crippen LogP contribution in [-0.2, 0) is 0 Å². The Labute approximate surface area is 79.3 Å². The van der Waals surface area contributed by atoms with E-state index in [0.717, 1.165) is 0 Å². The molecule has 0 heterocycles. The quantitative estimate of drug-likeness (QED) is 0.557. The summed E-state index contributed by atoms with van der Waals surface area (Å²) in [7, 11) is 3.00. The minimum atomic E-state index is 0. The van der Waals surface area contributed by atoms with Gasteiger partial charge < -0.3 is 11.5 Å². The lowest BCUT2D eigenvalue weighted by Gasteiger charge is -1.49. The van der Waals surface area contributed by atoms with Crippen LogP contribution in [0.4, 0.5) is 0 Å². The second-order valence-corrected chi connectivity index (χ2v) is 1.07. The van der Waals surface area contributed by atoms with Gasteiger partial charge in [-0.1, -0.05) is 25.7 Å². The molecule has 0 atom stereocenters. The number of allylic oxidation sites excluding steroid dienone is 3. The van der Waals surface area contributed by atoms with Gasteiger partial charge in [-0.2, -0.15) is 0 Å². The number of rotatable bonds is 0. The first-order valence-corrected chi connectivity index (χ1v) is 3.63. The molecule has 0 rings (SSSR count). The molecule has 0 aromatic rings. The number of hydrogen-bond acceptors (Lipinski definition) is 2. The van der Waals surface area contributed by atoms with Crippen molar-refractivity contribution in [1.29, 1.82) is 0 Å². The van der Waals surface area contributed by atoms with Gasteiger partial charge in [0.15, 0.2) is 0 Å². The summed E-state index contributed by atoms with van der Waals surface area (Å²) in [5, 5.41) is 0. The summed E-state index contributed by atoms with van der Waals surface area (Å²) in [6.07, 6.45) is 5.75. The zero-order chi connectivity index (χ0) is 10.1.